The molecule has 0 N–H and O–H groups in total. The maximum Gasteiger partial charge on any atom is -0.0303 e. The van der Waals surface area contributed by atoms with Crippen LogP contribution >= 0.6 is 0 Å². The van der Waals surface area contributed by atoms with Gasteiger partial charge in [-0.15, -0.1) is 0 Å². The van der Waals surface area contributed by atoms with Gasteiger partial charge >= 0.3 is 0 Å². The van der Waals surface area contributed by atoms with Crippen LogP contribution in [0.4, 0.5) is 0 Å². The molecule has 0 atom stereocenters. The summed E-state index contributed by atoms with van der Waals surface area (Å²) in [5.41, 5.74) is 0.722. The second-order valence-electron chi connectivity index (χ2n) is 3.66. The van der Waals surface area contributed by atoms with Gasteiger partial charge in [-0.1, -0.05) is 41.0 Å². The first-order chi connectivity index (χ1) is 4.65. The van der Waals surface area contributed by atoms with Crippen molar-refractivity contribution in [2.24, 2.45) is 11.3 Å². The van der Waals surface area contributed by atoms with Gasteiger partial charge in [0.1, 0.15) is 0 Å². The molecule has 1 saturated carbocycles. The minimum Gasteiger partial charge on any atom is -0.0683 e. The summed E-state index contributed by atoms with van der Waals surface area (Å²) in [5, 5.41) is 0. The molecule has 0 amide bonds. The van der Waals surface area contributed by atoms with Crippen LogP contribution in [0.15, 0.2) is 0 Å². The summed E-state index contributed by atoms with van der Waals surface area (Å²) < 4.78 is 0. The molecule has 0 spiro atoms. The lowest BCUT2D eigenvalue weighted by molar-refractivity contribution is 0.0934. The molecule has 0 heteroatoms. The summed E-state index contributed by atoms with van der Waals surface area (Å²) in [6, 6.07) is 0. The molecule has 0 aromatic rings. The molecule has 1 aliphatic rings. The van der Waals surface area contributed by atoms with E-state index in [0.29, 0.717) is 0 Å². The molecular weight excluding hydrogens is 120 g/mol. The first-order valence-corrected chi connectivity index (χ1v) is 4.65. The Morgan fingerprint density at radius 1 is 1.10 bits per heavy atom. The summed E-state index contributed by atoms with van der Waals surface area (Å²) in [5.74, 6) is 0.899. The number of hydrogen-bond acceptors (Lipinski definition) is 0. The molecule has 0 radical (unpaired) electrons. The fourth-order valence-electron chi connectivity index (χ4n) is 1.31. The van der Waals surface area contributed by atoms with Gasteiger partial charge in [0.05, 0.1) is 0 Å². The highest BCUT2D eigenvalue weighted by molar-refractivity contribution is 4.85. The lowest BCUT2D eigenvalue weighted by Gasteiger charge is -2.42. The molecule has 0 nitrogen and oxygen atoms in total. The van der Waals surface area contributed by atoms with E-state index in [2.05, 4.69) is 20.8 Å². The van der Waals surface area contributed by atoms with Gasteiger partial charge in [0.15, 0.2) is 0 Å². The first kappa shape index (κ1) is 10.0. The molecule has 10 heavy (non-hydrogen) atoms. The Morgan fingerprint density at radius 3 is 1.50 bits per heavy atom. The van der Waals surface area contributed by atoms with E-state index in [-0.39, 0.29) is 0 Å². The van der Waals surface area contributed by atoms with Crippen molar-refractivity contribution in [2.75, 3.05) is 0 Å². The Hall–Kier alpha value is 0. The van der Waals surface area contributed by atoms with Crippen LogP contribution in [0.25, 0.3) is 0 Å². The average Bonchev–Trinajstić information content (AvgIpc) is 1.87. The van der Waals surface area contributed by atoms with Crippen molar-refractivity contribution in [3.05, 3.63) is 0 Å². The molecule has 0 aromatic carbocycles. The third kappa shape index (κ3) is 2.00. The smallest absolute Gasteiger partial charge is 0.0303 e. The summed E-state index contributed by atoms with van der Waals surface area (Å²) in [6.45, 7) is 11.1. The Balaban J connectivity index is 0.000000371. The molecule has 1 rings (SSSR count). The van der Waals surface area contributed by atoms with Crippen LogP contribution in [0.5, 0.6) is 0 Å². The normalized spacial score (nSPS) is 21.0. The molecule has 0 aliphatic heterocycles. The van der Waals surface area contributed by atoms with Crippen molar-refractivity contribution in [2.45, 2.75) is 53.9 Å². The minimum absolute atomic E-state index is 0.722. The van der Waals surface area contributed by atoms with E-state index in [1.807, 2.05) is 13.8 Å². The summed E-state index contributed by atoms with van der Waals surface area (Å²) >= 11 is 0. The predicted octanol–water partition coefficient (Wildman–Crippen LogP) is 3.86. The quantitative estimate of drug-likeness (QED) is 0.521. The molecule has 0 aromatic heterocycles. The Labute approximate surface area is 66.0 Å². The SMILES string of the molecule is CC.CC(C)C1(C)CCC1. The van der Waals surface area contributed by atoms with E-state index in [4.69, 9.17) is 0 Å². The van der Waals surface area contributed by atoms with Crippen molar-refractivity contribution in [1.82, 2.24) is 0 Å². The molecule has 62 valence electrons. The lowest BCUT2D eigenvalue weighted by Crippen LogP contribution is -2.30. The molecule has 0 bridgehead atoms. The standard InChI is InChI=1S/C8H16.C2H6/c1-7(2)8(3)5-4-6-8;1-2/h7H,4-6H2,1-3H3;1-2H3. The van der Waals surface area contributed by atoms with E-state index in [9.17, 15) is 0 Å². The highest BCUT2D eigenvalue weighted by Gasteiger charge is 2.34. The topological polar surface area (TPSA) is 0 Å². The monoisotopic (exact) mass is 142 g/mol. The highest BCUT2D eigenvalue weighted by Crippen LogP contribution is 2.46. The van der Waals surface area contributed by atoms with Crippen molar-refractivity contribution in [3.8, 4) is 0 Å². The second kappa shape index (κ2) is 4.00. The van der Waals surface area contributed by atoms with Crippen LogP contribution in [0, 0.1) is 11.3 Å². The van der Waals surface area contributed by atoms with Gasteiger partial charge in [-0.2, -0.15) is 0 Å². The third-order valence-corrected chi connectivity index (χ3v) is 2.89. The van der Waals surface area contributed by atoms with Gasteiger partial charge in [-0.3, -0.25) is 0 Å². The third-order valence-electron chi connectivity index (χ3n) is 2.89. The zero-order valence-corrected chi connectivity index (χ0v) is 8.20. The fourth-order valence-corrected chi connectivity index (χ4v) is 1.31. The van der Waals surface area contributed by atoms with E-state index in [1.165, 1.54) is 19.3 Å². The molecule has 1 aliphatic carbocycles. The predicted molar refractivity (Wildman–Crippen MR) is 48.1 cm³/mol. The Bertz CT molecular complexity index is 78.0. The molecule has 1 fully saturated rings. The van der Waals surface area contributed by atoms with Gasteiger partial charge in [-0.05, 0) is 24.2 Å². The van der Waals surface area contributed by atoms with Gasteiger partial charge in [0.25, 0.3) is 0 Å². The van der Waals surface area contributed by atoms with Crippen LogP contribution < -0.4 is 0 Å². The van der Waals surface area contributed by atoms with Gasteiger partial charge in [0.2, 0.25) is 0 Å². The van der Waals surface area contributed by atoms with Crippen LogP contribution in [-0.4, -0.2) is 0 Å². The maximum atomic E-state index is 2.40. The minimum atomic E-state index is 0.722. The number of hydrogen-bond donors (Lipinski definition) is 0. The van der Waals surface area contributed by atoms with Crippen molar-refractivity contribution < 1.29 is 0 Å². The van der Waals surface area contributed by atoms with E-state index in [0.717, 1.165) is 11.3 Å². The molecule has 0 heterocycles. The van der Waals surface area contributed by atoms with Crippen molar-refractivity contribution >= 4 is 0 Å². The second-order valence-corrected chi connectivity index (χ2v) is 3.66. The fraction of sp³-hybridized carbons (Fsp3) is 1.00. The average molecular weight is 142 g/mol. The maximum absolute atomic E-state index is 2.40. The molecule has 0 unspecified atom stereocenters. The van der Waals surface area contributed by atoms with E-state index >= 15 is 0 Å². The first-order valence-electron chi connectivity index (χ1n) is 4.65. The van der Waals surface area contributed by atoms with Crippen LogP contribution in [-0.2, 0) is 0 Å². The summed E-state index contributed by atoms with van der Waals surface area (Å²) in [7, 11) is 0. The Kier molecular flexibility index (Phi) is 4.00. The largest absolute Gasteiger partial charge is 0.0683 e. The number of rotatable bonds is 1. The Morgan fingerprint density at radius 2 is 1.50 bits per heavy atom. The van der Waals surface area contributed by atoms with E-state index in [1.54, 1.807) is 0 Å². The van der Waals surface area contributed by atoms with Crippen molar-refractivity contribution in [3.63, 3.8) is 0 Å². The van der Waals surface area contributed by atoms with Crippen molar-refractivity contribution in [1.29, 1.82) is 0 Å². The molecule has 0 saturated heterocycles. The van der Waals surface area contributed by atoms with E-state index < -0.39 is 0 Å². The van der Waals surface area contributed by atoms with Gasteiger partial charge in [-0.25, -0.2) is 0 Å². The summed E-state index contributed by atoms with van der Waals surface area (Å²) in [4.78, 5) is 0. The highest BCUT2D eigenvalue weighted by atomic mass is 14.4. The molecular formula is C10H22. The summed E-state index contributed by atoms with van der Waals surface area (Å²) in [6.07, 6.45) is 4.39. The van der Waals surface area contributed by atoms with Crippen LogP contribution in [0.3, 0.4) is 0 Å². The van der Waals surface area contributed by atoms with Crippen LogP contribution in [0.1, 0.15) is 53.9 Å². The zero-order chi connectivity index (χ0) is 8.20. The van der Waals surface area contributed by atoms with Gasteiger partial charge < -0.3 is 0 Å². The lowest BCUT2D eigenvalue weighted by atomic mass is 9.64. The zero-order valence-electron chi connectivity index (χ0n) is 8.20. The van der Waals surface area contributed by atoms with Crippen LogP contribution in [0.2, 0.25) is 0 Å². The van der Waals surface area contributed by atoms with Gasteiger partial charge in [0, 0.05) is 0 Å².